The lowest BCUT2D eigenvalue weighted by Crippen LogP contribution is -2.25. The van der Waals surface area contributed by atoms with Gasteiger partial charge in [0.05, 0.1) is 18.8 Å². The summed E-state index contributed by atoms with van der Waals surface area (Å²) in [6.45, 7) is 6.12. The van der Waals surface area contributed by atoms with Crippen LogP contribution in [0.2, 0.25) is 0 Å². The monoisotopic (exact) mass is 514 g/mol. The summed E-state index contributed by atoms with van der Waals surface area (Å²) in [5, 5.41) is 9.00. The van der Waals surface area contributed by atoms with Crippen molar-refractivity contribution in [2.45, 2.75) is 135 Å². The molecule has 4 aliphatic carbocycles. The normalized spacial score (nSPS) is 37.1. The third kappa shape index (κ3) is 9.40. The summed E-state index contributed by atoms with van der Waals surface area (Å²) in [4.78, 5) is 11.7. The first-order chi connectivity index (χ1) is 18.0. The summed E-state index contributed by atoms with van der Waals surface area (Å²) in [5.41, 5.74) is 0.164. The fraction of sp³-hybridized carbons (Fsp3) is 0.912. The average molecular weight is 515 g/mol. The topological polar surface area (TPSA) is 46.5 Å². The Hall–Kier alpha value is -0.830. The summed E-state index contributed by atoms with van der Waals surface area (Å²) in [7, 11) is 0. The van der Waals surface area contributed by atoms with Crippen LogP contribution in [0.15, 0.2) is 12.2 Å². The summed E-state index contributed by atoms with van der Waals surface area (Å²) < 4.78 is 5.34. The highest BCUT2D eigenvalue weighted by atomic mass is 16.5. The number of aliphatic hydroxyl groups is 1. The van der Waals surface area contributed by atoms with Crippen LogP contribution in [0, 0.1) is 47.3 Å². The Kier molecular flexibility index (Phi) is 11.9. The zero-order valence-corrected chi connectivity index (χ0v) is 24.1. The van der Waals surface area contributed by atoms with Crippen LogP contribution in [-0.4, -0.2) is 24.3 Å². The van der Waals surface area contributed by atoms with E-state index in [0.29, 0.717) is 12.5 Å². The van der Waals surface area contributed by atoms with Gasteiger partial charge in [0.1, 0.15) is 0 Å². The molecule has 0 aromatic carbocycles. The number of ether oxygens (including phenoxy) is 1. The van der Waals surface area contributed by atoms with Crippen LogP contribution in [0.1, 0.15) is 135 Å². The number of esters is 1. The van der Waals surface area contributed by atoms with E-state index in [4.69, 9.17) is 9.84 Å². The Labute approximate surface area is 228 Å². The van der Waals surface area contributed by atoms with Gasteiger partial charge in [0.2, 0.25) is 0 Å². The van der Waals surface area contributed by atoms with Crippen molar-refractivity contribution in [3.63, 3.8) is 0 Å². The molecule has 37 heavy (non-hydrogen) atoms. The Morgan fingerprint density at radius 3 is 1.19 bits per heavy atom. The zero-order chi connectivity index (χ0) is 26.0. The van der Waals surface area contributed by atoms with E-state index in [2.05, 4.69) is 13.5 Å². The van der Waals surface area contributed by atoms with Crippen LogP contribution in [0.25, 0.3) is 0 Å². The first-order valence-corrected chi connectivity index (χ1v) is 16.5. The fourth-order valence-electron chi connectivity index (χ4n) is 8.69. The number of carbonyl (C=O) groups is 1. The van der Waals surface area contributed by atoms with Gasteiger partial charge in [-0.05, 0) is 79.4 Å². The first-order valence-electron chi connectivity index (χ1n) is 16.5. The molecule has 0 unspecified atom stereocenters. The molecular formula is C34H58O3. The minimum absolute atomic E-state index is 0.164. The third-order valence-electron chi connectivity index (χ3n) is 11.4. The Morgan fingerprint density at radius 2 is 0.892 bits per heavy atom. The van der Waals surface area contributed by atoms with Gasteiger partial charge in [-0.15, -0.1) is 0 Å². The van der Waals surface area contributed by atoms with E-state index in [9.17, 15) is 4.79 Å². The molecule has 0 heterocycles. The van der Waals surface area contributed by atoms with Gasteiger partial charge in [-0.25, -0.2) is 4.79 Å². The first kappa shape index (κ1) is 29.2. The average Bonchev–Trinajstić information content (AvgIpc) is 2.94. The molecule has 0 aromatic heterocycles. The number of aliphatic hydroxyl groups excluding tert-OH is 1. The molecule has 4 saturated carbocycles. The SMILES string of the molecule is C=C(CO)C(=O)OCC1CCC(CC2CCC(CC3CCC(CC4CCC(CC)CC4)CC3)CC2)CC1. The minimum atomic E-state index is -0.432. The predicted octanol–water partition coefficient (Wildman–Crippen LogP) is 8.88. The fourth-order valence-corrected chi connectivity index (χ4v) is 8.69. The molecule has 3 nitrogen and oxygen atoms in total. The van der Waals surface area contributed by atoms with Crippen molar-refractivity contribution in [1.82, 2.24) is 0 Å². The number of rotatable bonds is 11. The summed E-state index contributed by atoms with van der Waals surface area (Å²) in [6.07, 6.45) is 29.0. The van der Waals surface area contributed by atoms with Gasteiger partial charge in [0.25, 0.3) is 0 Å². The summed E-state index contributed by atoms with van der Waals surface area (Å²) in [5.74, 6) is 7.11. The van der Waals surface area contributed by atoms with Crippen LogP contribution in [0.5, 0.6) is 0 Å². The lowest BCUT2D eigenvalue weighted by Gasteiger charge is -2.37. The molecule has 3 heteroatoms. The van der Waals surface area contributed by atoms with Crippen LogP contribution >= 0.6 is 0 Å². The number of carbonyl (C=O) groups excluding carboxylic acids is 1. The van der Waals surface area contributed by atoms with Gasteiger partial charge in [-0.3, -0.25) is 0 Å². The molecule has 0 atom stereocenters. The van der Waals surface area contributed by atoms with Crippen LogP contribution in [-0.2, 0) is 9.53 Å². The van der Waals surface area contributed by atoms with Crippen molar-refractivity contribution in [3.05, 3.63) is 12.2 Å². The van der Waals surface area contributed by atoms with Crippen LogP contribution in [0.4, 0.5) is 0 Å². The van der Waals surface area contributed by atoms with E-state index < -0.39 is 5.97 Å². The maximum atomic E-state index is 11.7. The van der Waals surface area contributed by atoms with E-state index in [1.807, 2.05) is 0 Å². The van der Waals surface area contributed by atoms with E-state index in [0.717, 1.165) is 41.4 Å². The standard InChI is InChI=1S/C34H58O3/c1-3-26-4-6-27(7-5-26)20-28-8-10-29(11-9-28)21-30-12-14-31(15-13-30)22-32-16-18-33(19-17-32)24-37-34(36)25(2)23-35/h26-33,35H,2-24H2,1H3. The van der Waals surface area contributed by atoms with Crippen molar-refractivity contribution in [1.29, 1.82) is 0 Å². The smallest absolute Gasteiger partial charge is 0.335 e. The predicted molar refractivity (Wildman–Crippen MR) is 153 cm³/mol. The maximum absolute atomic E-state index is 11.7. The van der Waals surface area contributed by atoms with Crippen molar-refractivity contribution in [2.24, 2.45) is 47.3 Å². The highest BCUT2D eigenvalue weighted by Gasteiger charge is 2.31. The quantitative estimate of drug-likeness (QED) is 0.221. The third-order valence-corrected chi connectivity index (χ3v) is 11.4. The van der Waals surface area contributed by atoms with Gasteiger partial charge in [0, 0.05) is 0 Å². The molecule has 0 radical (unpaired) electrons. The number of hydrogen-bond acceptors (Lipinski definition) is 3. The van der Waals surface area contributed by atoms with Gasteiger partial charge >= 0.3 is 5.97 Å². The van der Waals surface area contributed by atoms with E-state index in [1.54, 1.807) is 6.42 Å². The molecule has 4 rings (SSSR count). The lowest BCUT2D eigenvalue weighted by molar-refractivity contribution is -0.141. The molecule has 4 fully saturated rings. The summed E-state index contributed by atoms with van der Waals surface area (Å²) >= 11 is 0. The molecule has 0 amide bonds. The van der Waals surface area contributed by atoms with Crippen LogP contribution < -0.4 is 0 Å². The lowest BCUT2D eigenvalue weighted by atomic mass is 9.69. The highest BCUT2D eigenvalue weighted by molar-refractivity contribution is 5.87. The second kappa shape index (κ2) is 15.1. The van der Waals surface area contributed by atoms with Crippen molar-refractivity contribution < 1.29 is 14.6 Å². The van der Waals surface area contributed by atoms with Gasteiger partial charge in [-0.2, -0.15) is 0 Å². The molecular weight excluding hydrogens is 456 g/mol. The van der Waals surface area contributed by atoms with Gasteiger partial charge < -0.3 is 9.84 Å². The molecule has 0 bridgehead atoms. The minimum Gasteiger partial charge on any atom is -0.462 e. The molecule has 0 saturated heterocycles. The van der Waals surface area contributed by atoms with Crippen molar-refractivity contribution in [3.8, 4) is 0 Å². The summed E-state index contributed by atoms with van der Waals surface area (Å²) in [6, 6.07) is 0. The Bertz CT molecular complexity index is 669. The Morgan fingerprint density at radius 1 is 0.595 bits per heavy atom. The van der Waals surface area contributed by atoms with E-state index >= 15 is 0 Å². The van der Waals surface area contributed by atoms with Crippen LogP contribution in [0.3, 0.4) is 0 Å². The molecule has 4 aliphatic rings. The molecule has 1 N–H and O–H groups in total. The zero-order valence-electron chi connectivity index (χ0n) is 24.1. The molecule has 0 aliphatic heterocycles. The second-order valence-corrected chi connectivity index (χ2v) is 14.0. The van der Waals surface area contributed by atoms with E-state index in [1.165, 1.54) is 122 Å². The van der Waals surface area contributed by atoms with Gasteiger partial charge in [0.15, 0.2) is 0 Å². The second-order valence-electron chi connectivity index (χ2n) is 14.0. The number of hydrogen-bond donors (Lipinski definition) is 1. The highest BCUT2D eigenvalue weighted by Crippen LogP contribution is 2.43. The van der Waals surface area contributed by atoms with Crippen molar-refractivity contribution >= 4 is 5.97 Å². The molecule has 0 aromatic rings. The molecule has 212 valence electrons. The largest absolute Gasteiger partial charge is 0.462 e. The van der Waals surface area contributed by atoms with Gasteiger partial charge in [-0.1, -0.05) is 110 Å². The van der Waals surface area contributed by atoms with Crippen molar-refractivity contribution in [2.75, 3.05) is 13.2 Å². The Balaban J connectivity index is 1.04. The maximum Gasteiger partial charge on any atom is 0.335 e. The molecule has 0 spiro atoms. The van der Waals surface area contributed by atoms with E-state index in [-0.39, 0.29) is 12.2 Å².